The van der Waals surface area contributed by atoms with Gasteiger partial charge in [0.2, 0.25) is 5.95 Å². The average Bonchev–Trinajstić information content (AvgIpc) is 3.19. The van der Waals surface area contributed by atoms with Crippen molar-refractivity contribution in [1.29, 1.82) is 0 Å². The first-order chi connectivity index (χ1) is 11.5. The molecule has 0 bridgehead atoms. The maximum atomic E-state index is 11.8. The molecule has 3 rings (SSSR count). The minimum atomic E-state index is -0.107. The van der Waals surface area contributed by atoms with Gasteiger partial charge in [-0.3, -0.25) is 24.7 Å². The summed E-state index contributed by atoms with van der Waals surface area (Å²) in [6.45, 7) is 3.66. The number of aromatic amines is 2. The predicted octanol–water partition coefficient (Wildman–Crippen LogP) is 0.265. The van der Waals surface area contributed by atoms with Crippen LogP contribution in [-0.2, 0) is 13.1 Å². The summed E-state index contributed by atoms with van der Waals surface area (Å²) >= 11 is 0. The molecule has 1 aliphatic rings. The monoisotopic (exact) mass is 331 g/mol. The van der Waals surface area contributed by atoms with E-state index in [1.165, 1.54) is 0 Å². The fourth-order valence-electron chi connectivity index (χ4n) is 3.10. The van der Waals surface area contributed by atoms with Gasteiger partial charge in [0.15, 0.2) is 0 Å². The highest BCUT2D eigenvalue weighted by Gasteiger charge is 2.26. The third kappa shape index (κ3) is 4.01. The molecule has 1 atom stereocenters. The lowest BCUT2D eigenvalue weighted by atomic mass is 10.2. The highest BCUT2D eigenvalue weighted by molar-refractivity contribution is 5.27. The van der Waals surface area contributed by atoms with Crippen LogP contribution in [0.1, 0.15) is 17.8 Å². The number of H-pyrrole nitrogens is 2. The third-order valence-electron chi connectivity index (χ3n) is 4.44. The van der Waals surface area contributed by atoms with E-state index in [4.69, 9.17) is 0 Å². The smallest absolute Gasteiger partial charge is 0.252 e. The molecule has 0 amide bonds. The van der Waals surface area contributed by atoms with Crippen molar-refractivity contribution in [3.63, 3.8) is 0 Å². The van der Waals surface area contributed by atoms with Crippen LogP contribution in [0.15, 0.2) is 23.1 Å². The van der Waals surface area contributed by atoms with E-state index in [9.17, 15) is 4.79 Å². The molecule has 0 saturated carbocycles. The number of likely N-dealkylation sites (tertiary alicyclic amines) is 1. The van der Waals surface area contributed by atoms with Crippen LogP contribution in [0.25, 0.3) is 0 Å². The number of rotatable bonds is 6. The molecule has 8 heteroatoms. The number of aromatic nitrogens is 4. The minimum Gasteiger partial charge on any atom is -0.348 e. The molecule has 0 aliphatic carbocycles. The number of likely N-dealkylation sites (N-methyl/N-ethyl adjacent to an activating group) is 1. The Labute approximate surface area is 141 Å². The van der Waals surface area contributed by atoms with E-state index in [0.717, 1.165) is 37.4 Å². The fourth-order valence-corrected chi connectivity index (χ4v) is 3.10. The molecule has 2 aromatic rings. The number of anilines is 1. The van der Waals surface area contributed by atoms with Crippen LogP contribution in [-0.4, -0.2) is 70.2 Å². The van der Waals surface area contributed by atoms with Gasteiger partial charge in [-0.05, 0) is 19.5 Å². The Morgan fingerprint density at radius 2 is 2.21 bits per heavy atom. The topological polar surface area (TPSA) is 84.2 Å². The van der Waals surface area contributed by atoms with Crippen molar-refractivity contribution in [2.45, 2.75) is 25.6 Å². The van der Waals surface area contributed by atoms with Crippen molar-refractivity contribution in [2.24, 2.45) is 0 Å². The molecule has 0 spiro atoms. The zero-order valence-corrected chi connectivity index (χ0v) is 14.5. The summed E-state index contributed by atoms with van der Waals surface area (Å²) in [5.41, 5.74) is 1.84. The van der Waals surface area contributed by atoms with Gasteiger partial charge in [0.25, 0.3) is 5.56 Å². The molecule has 0 unspecified atom stereocenters. The number of hydrogen-bond donors (Lipinski definition) is 2. The Kier molecular flexibility index (Phi) is 4.96. The quantitative estimate of drug-likeness (QED) is 0.790. The van der Waals surface area contributed by atoms with E-state index in [0.29, 0.717) is 18.5 Å². The van der Waals surface area contributed by atoms with Gasteiger partial charge in [0, 0.05) is 64.3 Å². The van der Waals surface area contributed by atoms with Crippen molar-refractivity contribution in [1.82, 2.24) is 30.0 Å². The van der Waals surface area contributed by atoms with Crippen LogP contribution in [0.2, 0.25) is 0 Å². The Bertz CT molecular complexity index is 709. The van der Waals surface area contributed by atoms with Gasteiger partial charge < -0.3 is 4.90 Å². The van der Waals surface area contributed by atoms with Crippen LogP contribution in [0.4, 0.5) is 5.95 Å². The summed E-state index contributed by atoms with van der Waals surface area (Å²) in [4.78, 5) is 25.6. The standard InChI is InChI=1S/C16H25N7O/c1-21(2)16-18-13(8-15(24)19-16)9-22(3)14-5-7-23(11-14)10-12-4-6-17-20-12/h4,6,8,14H,5,7,9-11H2,1-3H3,(H,17,20)(H,18,19,24)/t14-/m0/s1. The molecule has 0 radical (unpaired) electrons. The predicted molar refractivity (Wildman–Crippen MR) is 92.9 cm³/mol. The Hall–Kier alpha value is -2.19. The van der Waals surface area contributed by atoms with Gasteiger partial charge in [-0.25, -0.2) is 4.98 Å². The first-order valence-electron chi connectivity index (χ1n) is 8.19. The average molecular weight is 331 g/mol. The van der Waals surface area contributed by atoms with E-state index in [1.807, 2.05) is 25.1 Å². The highest BCUT2D eigenvalue weighted by atomic mass is 16.1. The maximum Gasteiger partial charge on any atom is 0.252 e. The number of nitrogens with one attached hydrogen (secondary N) is 2. The summed E-state index contributed by atoms with van der Waals surface area (Å²) < 4.78 is 0. The molecular weight excluding hydrogens is 306 g/mol. The minimum absolute atomic E-state index is 0.107. The second-order valence-electron chi connectivity index (χ2n) is 6.63. The molecule has 8 nitrogen and oxygen atoms in total. The van der Waals surface area contributed by atoms with Crippen molar-refractivity contribution >= 4 is 5.95 Å². The molecule has 24 heavy (non-hydrogen) atoms. The van der Waals surface area contributed by atoms with Gasteiger partial charge in [0.05, 0.1) is 5.69 Å². The Balaban J connectivity index is 1.59. The van der Waals surface area contributed by atoms with Gasteiger partial charge in [0.1, 0.15) is 0 Å². The van der Waals surface area contributed by atoms with Crippen molar-refractivity contribution in [3.05, 3.63) is 40.1 Å². The summed E-state index contributed by atoms with van der Waals surface area (Å²) in [5.74, 6) is 0.596. The normalized spacial score (nSPS) is 18.4. The van der Waals surface area contributed by atoms with E-state index in [-0.39, 0.29) is 5.56 Å². The number of hydrogen-bond acceptors (Lipinski definition) is 6. The molecule has 1 saturated heterocycles. The van der Waals surface area contributed by atoms with Gasteiger partial charge in [-0.1, -0.05) is 0 Å². The first-order valence-corrected chi connectivity index (χ1v) is 8.19. The second-order valence-corrected chi connectivity index (χ2v) is 6.63. The van der Waals surface area contributed by atoms with Gasteiger partial charge in [-0.15, -0.1) is 0 Å². The lowest BCUT2D eigenvalue weighted by molar-refractivity contribution is 0.220. The molecule has 2 N–H and O–H groups in total. The van der Waals surface area contributed by atoms with Gasteiger partial charge in [-0.2, -0.15) is 5.10 Å². The van der Waals surface area contributed by atoms with Crippen molar-refractivity contribution in [3.8, 4) is 0 Å². The van der Waals surface area contributed by atoms with Crippen LogP contribution >= 0.6 is 0 Å². The molecule has 1 fully saturated rings. The number of nitrogens with zero attached hydrogens (tertiary/aromatic N) is 5. The Morgan fingerprint density at radius 1 is 1.38 bits per heavy atom. The fraction of sp³-hybridized carbons (Fsp3) is 0.562. The summed E-state index contributed by atoms with van der Waals surface area (Å²) in [5, 5.41) is 7.01. The molecular formula is C16H25N7O. The van der Waals surface area contributed by atoms with Gasteiger partial charge >= 0.3 is 0 Å². The van der Waals surface area contributed by atoms with Crippen LogP contribution in [0.5, 0.6) is 0 Å². The summed E-state index contributed by atoms with van der Waals surface area (Å²) in [6, 6.07) is 4.07. The first kappa shape index (κ1) is 16.7. The molecule has 1 aliphatic heterocycles. The van der Waals surface area contributed by atoms with Crippen molar-refractivity contribution in [2.75, 3.05) is 39.1 Å². The van der Waals surface area contributed by atoms with E-state index >= 15 is 0 Å². The maximum absolute atomic E-state index is 11.8. The van der Waals surface area contributed by atoms with Crippen LogP contribution in [0.3, 0.4) is 0 Å². The molecule has 0 aromatic carbocycles. The largest absolute Gasteiger partial charge is 0.348 e. The highest BCUT2D eigenvalue weighted by Crippen LogP contribution is 2.18. The summed E-state index contributed by atoms with van der Waals surface area (Å²) in [6.07, 6.45) is 2.91. The van der Waals surface area contributed by atoms with E-state index in [2.05, 4.69) is 37.0 Å². The SMILES string of the molecule is CN(C)c1nc(CN(C)[C@H]2CCN(Cc3ccn[nH]3)C2)cc(=O)[nH]1. The van der Waals surface area contributed by atoms with E-state index < -0.39 is 0 Å². The zero-order valence-electron chi connectivity index (χ0n) is 14.5. The third-order valence-corrected chi connectivity index (χ3v) is 4.44. The molecule has 130 valence electrons. The zero-order chi connectivity index (χ0) is 17.1. The summed E-state index contributed by atoms with van der Waals surface area (Å²) in [7, 11) is 5.84. The second kappa shape index (κ2) is 7.14. The lowest BCUT2D eigenvalue weighted by Gasteiger charge is -2.24. The molecule has 2 aromatic heterocycles. The van der Waals surface area contributed by atoms with Crippen molar-refractivity contribution < 1.29 is 0 Å². The van der Waals surface area contributed by atoms with Crippen LogP contribution < -0.4 is 10.5 Å². The van der Waals surface area contributed by atoms with E-state index in [1.54, 1.807) is 12.3 Å². The molecule has 3 heterocycles. The Morgan fingerprint density at radius 3 is 2.92 bits per heavy atom. The van der Waals surface area contributed by atoms with Crippen LogP contribution in [0, 0.1) is 0 Å². The lowest BCUT2D eigenvalue weighted by Crippen LogP contribution is -2.34.